The number of benzene rings is 1. The van der Waals surface area contributed by atoms with E-state index < -0.39 is 0 Å². The molecule has 3 nitrogen and oxygen atoms in total. The van der Waals surface area contributed by atoms with Crippen molar-refractivity contribution < 1.29 is 4.74 Å². The minimum atomic E-state index is 0.535. The molecule has 0 aliphatic heterocycles. The molecule has 100 valence electrons. The largest absolute Gasteiger partial charge is 0.473 e. The molecule has 0 fully saturated rings. The van der Waals surface area contributed by atoms with E-state index in [0.29, 0.717) is 12.5 Å². The van der Waals surface area contributed by atoms with Crippen LogP contribution in [0.15, 0.2) is 47.1 Å². The van der Waals surface area contributed by atoms with Gasteiger partial charge in [-0.1, -0.05) is 41.1 Å². The molecular formula is C15H17BrN2O. The summed E-state index contributed by atoms with van der Waals surface area (Å²) in [6, 6.07) is 12.0. The van der Waals surface area contributed by atoms with E-state index in [-0.39, 0.29) is 0 Å². The highest BCUT2D eigenvalue weighted by Gasteiger charge is 1.98. The normalized spacial score (nSPS) is 10.4. The average Bonchev–Trinajstić information content (AvgIpc) is 2.46. The molecule has 1 N–H and O–H groups in total. The molecule has 1 aromatic carbocycles. The molecule has 1 aromatic heterocycles. The van der Waals surface area contributed by atoms with Gasteiger partial charge in [0, 0.05) is 23.3 Å². The van der Waals surface area contributed by atoms with Gasteiger partial charge in [-0.25, -0.2) is 4.98 Å². The van der Waals surface area contributed by atoms with E-state index in [2.05, 4.69) is 33.2 Å². The summed E-state index contributed by atoms with van der Waals surface area (Å²) in [4.78, 5) is 4.29. The van der Waals surface area contributed by atoms with E-state index in [1.54, 1.807) is 0 Å². The Kier molecular flexibility index (Phi) is 5.36. The van der Waals surface area contributed by atoms with Gasteiger partial charge in [0.2, 0.25) is 5.88 Å². The number of nitrogens with one attached hydrogen (secondary N) is 1. The second-order valence-corrected chi connectivity index (χ2v) is 5.12. The fraction of sp³-hybridized carbons (Fsp3) is 0.267. The van der Waals surface area contributed by atoms with Crippen LogP contribution in [0.25, 0.3) is 0 Å². The fourth-order valence-corrected chi connectivity index (χ4v) is 1.87. The molecule has 0 amide bonds. The Morgan fingerprint density at radius 1 is 1.11 bits per heavy atom. The van der Waals surface area contributed by atoms with Crippen LogP contribution in [0.1, 0.15) is 18.1 Å². The molecule has 19 heavy (non-hydrogen) atoms. The van der Waals surface area contributed by atoms with Crippen molar-refractivity contribution in [2.24, 2.45) is 0 Å². The van der Waals surface area contributed by atoms with Crippen LogP contribution in [0.3, 0.4) is 0 Å². The molecule has 0 radical (unpaired) electrons. The maximum absolute atomic E-state index is 5.64. The average molecular weight is 321 g/mol. The molecule has 0 atom stereocenters. The molecule has 4 heteroatoms. The smallest absolute Gasteiger partial charge is 0.213 e. The number of nitrogens with zero attached hydrogens (tertiary/aromatic N) is 1. The Bertz CT molecular complexity index is 497. The van der Waals surface area contributed by atoms with Crippen LogP contribution >= 0.6 is 15.9 Å². The first-order chi connectivity index (χ1) is 9.28. The van der Waals surface area contributed by atoms with Gasteiger partial charge in [-0.3, -0.25) is 0 Å². The van der Waals surface area contributed by atoms with Crippen molar-refractivity contribution >= 4 is 15.9 Å². The molecule has 0 bridgehead atoms. The summed E-state index contributed by atoms with van der Waals surface area (Å²) in [5.74, 6) is 0.656. The van der Waals surface area contributed by atoms with Crippen LogP contribution in [0.4, 0.5) is 0 Å². The van der Waals surface area contributed by atoms with E-state index in [4.69, 9.17) is 4.74 Å². The third kappa shape index (κ3) is 4.65. The Morgan fingerprint density at radius 2 is 1.84 bits per heavy atom. The highest BCUT2D eigenvalue weighted by atomic mass is 79.9. The number of pyridine rings is 1. The van der Waals surface area contributed by atoms with Gasteiger partial charge in [-0.2, -0.15) is 0 Å². The zero-order chi connectivity index (χ0) is 13.5. The van der Waals surface area contributed by atoms with Gasteiger partial charge >= 0.3 is 0 Å². The number of halogens is 1. The summed E-state index contributed by atoms with van der Waals surface area (Å²) >= 11 is 3.41. The second-order valence-electron chi connectivity index (χ2n) is 4.20. The predicted molar refractivity (Wildman–Crippen MR) is 80.1 cm³/mol. The molecule has 0 saturated carbocycles. The predicted octanol–water partition coefficient (Wildman–Crippen LogP) is 3.53. The molecule has 1 heterocycles. The van der Waals surface area contributed by atoms with E-state index >= 15 is 0 Å². The van der Waals surface area contributed by atoms with Gasteiger partial charge in [0.25, 0.3) is 0 Å². The zero-order valence-electron chi connectivity index (χ0n) is 10.9. The van der Waals surface area contributed by atoms with Gasteiger partial charge < -0.3 is 10.1 Å². The van der Waals surface area contributed by atoms with Crippen LogP contribution in [-0.2, 0) is 13.2 Å². The highest BCUT2D eigenvalue weighted by molar-refractivity contribution is 9.10. The molecule has 0 unspecified atom stereocenters. The summed E-state index contributed by atoms with van der Waals surface area (Å²) in [6.07, 6.45) is 1.85. The molecule has 0 aliphatic rings. The molecule has 0 spiro atoms. The molecule has 2 aromatic rings. The summed E-state index contributed by atoms with van der Waals surface area (Å²) in [5, 5.41) is 3.26. The van der Waals surface area contributed by atoms with Crippen LogP contribution in [0.5, 0.6) is 5.88 Å². The highest BCUT2D eigenvalue weighted by Crippen LogP contribution is 2.13. The number of aromatic nitrogens is 1. The topological polar surface area (TPSA) is 34.1 Å². The number of rotatable bonds is 6. The summed E-state index contributed by atoms with van der Waals surface area (Å²) in [7, 11) is 0. The Balaban J connectivity index is 1.87. The van der Waals surface area contributed by atoms with Gasteiger partial charge in [0.1, 0.15) is 6.61 Å². The summed E-state index contributed by atoms with van der Waals surface area (Å²) < 4.78 is 6.72. The van der Waals surface area contributed by atoms with Crippen LogP contribution in [0.2, 0.25) is 0 Å². The van der Waals surface area contributed by atoms with Crippen molar-refractivity contribution in [2.45, 2.75) is 20.1 Å². The van der Waals surface area contributed by atoms with E-state index in [9.17, 15) is 0 Å². The third-order valence-corrected chi connectivity index (χ3v) is 3.21. The lowest BCUT2D eigenvalue weighted by Gasteiger charge is -2.06. The lowest BCUT2D eigenvalue weighted by atomic mass is 10.2. The van der Waals surface area contributed by atoms with E-state index in [1.807, 2.05) is 42.6 Å². The first-order valence-corrected chi connectivity index (χ1v) is 7.10. The number of ether oxygens (including phenoxy) is 1. The van der Waals surface area contributed by atoms with E-state index in [0.717, 1.165) is 28.7 Å². The molecule has 0 saturated heterocycles. The Hall–Kier alpha value is -1.39. The minimum Gasteiger partial charge on any atom is -0.473 e. The monoisotopic (exact) mass is 320 g/mol. The van der Waals surface area contributed by atoms with Crippen molar-refractivity contribution in [3.8, 4) is 5.88 Å². The third-order valence-electron chi connectivity index (χ3n) is 2.68. The quantitative estimate of drug-likeness (QED) is 0.884. The number of hydrogen-bond donors (Lipinski definition) is 1. The molecular weight excluding hydrogens is 304 g/mol. The van der Waals surface area contributed by atoms with Crippen molar-refractivity contribution in [3.05, 3.63) is 58.2 Å². The van der Waals surface area contributed by atoms with Gasteiger partial charge in [-0.05, 0) is 29.8 Å². The van der Waals surface area contributed by atoms with Gasteiger partial charge in [0.05, 0.1) is 0 Å². The van der Waals surface area contributed by atoms with Gasteiger partial charge in [-0.15, -0.1) is 0 Å². The van der Waals surface area contributed by atoms with Crippen molar-refractivity contribution in [1.29, 1.82) is 0 Å². The van der Waals surface area contributed by atoms with Crippen molar-refractivity contribution in [3.63, 3.8) is 0 Å². The lowest BCUT2D eigenvalue weighted by molar-refractivity contribution is 0.293. The lowest BCUT2D eigenvalue weighted by Crippen LogP contribution is -2.11. The zero-order valence-corrected chi connectivity index (χ0v) is 12.5. The standard InChI is InChI=1S/C15H17BrN2O/c1-2-17-9-13-5-8-15(18-10-13)19-11-12-3-6-14(16)7-4-12/h3-8,10,17H,2,9,11H2,1H3. The maximum Gasteiger partial charge on any atom is 0.213 e. The SMILES string of the molecule is CCNCc1ccc(OCc2ccc(Br)cc2)nc1. The van der Waals surface area contributed by atoms with Crippen LogP contribution in [-0.4, -0.2) is 11.5 Å². The second kappa shape index (κ2) is 7.26. The van der Waals surface area contributed by atoms with Crippen molar-refractivity contribution in [1.82, 2.24) is 10.3 Å². The minimum absolute atomic E-state index is 0.535. The maximum atomic E-state index is 5.64. The summed E-state index contributed by atoms with van der Waals surface area (Å²) in [5.41, 5.74) is 2.29. The van der Waals surface area contributed by atoms with E-state index in [1.165, 1.54) is 0 Å². The summed E-state index contributed by atoms with van der Waals surface area (Å²) in [6.45, 7) is 4.42. The van der Waals surface area contributed by atoms with Crippen LogP contribution in [0, 0.1) is 0 Å². The number of hydrogen-bond acceptors (Lipinski definition) is 3. The van der Waals surface area contributed by atoms with Crippen molar-refractivity contribution in [2.75, 3.05) is 6.54 Å². The first kappa shape index (κ1) is 14.0. The first-order valence-electron chi connectivity index (χ1n) is 6.31. The Morgan fingerprint density at radius 3 is 2.47 bits per heavy atom. The molecule has 0 aliphatic carbocycles. The van der Waals surface area contributed by atoms with Crippen LogP contribution < -0.4 is 10.1 Å². The fourth-order valence-electron chi connectivity index (χ4n) is 1.61. The molecule has 2 rings (SSSR count). The van der Waals surface area contributed by atoms with Gasteiger partial charge in [0.15, 0.2) is 0 Å². The Labute approximate surface area is 122 Å².